The number of nitrogens with one attached hydrogen (secondary N) is 10. The summed E-state index contributed by atoms with van der Waals surface area (Å²) in [4.78, 5) is 248. The molecule has 706 valence electrons. The monoisotopic (exact) mass is 1830 g/mol. The molecule has 8 atom stereocenters. The standard InChI is InChI=1S/C62H127N38O21P3/c63-55(64)79-17-1-9-36(89-45(102)34-87-44(101)33-88-46(103)35-97-25-27-98(122(113,114)115)29-31-100(124(119,120)121)32-30-99(28-26-97)123(116,117)118)47(104)90-37(10-2-18-80-56(65)66)48(105)91-38(11-3-19-81-57(67)68)49(106)92-39(12-4-20-82-58(69)70)50(107)93-40(13-5-21-83-59(71)72)51(108)94-41(14-6-22-84-60(73)74)52(109)95-42(15-7-23-85-61(75)76)53(110)96-43(54(111)112)16-8-24-86-62(77)78/h36-43H,1-35H2,(H,87,101)(H,88,103)(H,89,102)(H,90,104)(H,91,105)(H,92,106)(H,93,107)(H,94,108)(H,95,109)(H,96,110)(H,111,112)(H4,63,64,79)(H4,65,66,80)(H4,67,68,81)(H4,69,70,82)(H4,71,72,83)(H4,73,74,84)(H4,75,76,85)(H4,77,78,86)(H2,113,114,115)(H2,116,117,118)(H2,119,120,121)/t36-,37-,38-,39-,40-,41-,42-,43-/m0/s1. The summed E-state index contributed by atoms with van der Waals surface area (Å²) in [6.07, 6.45) is -2.15. The van der Waals surface area contributed by atoms with Crippen LogP contribution in [0.25, 0.3) is 0 Å². The maximum atomic E-state index is 14.9. The van der Waals surface area contributed by atoms with Gasteiger partial charge in [0.25, 0.3) is 0 Å². The highest BCUT2D eigenvalue weighted by Crippen LogP contribution is 2.44. The Morgan fingerprint density at radius 3 is 0.645 bits per heavy atom. The van der Waals surface area contributed by atoms with Crippen LogP contribution in [0.5, 0.6) is 0 Å². The Morgan fingerprint density at radius 2 is 0.444 bits per heavy atom. The van der Waals surface area contributed by atoms with E-state index in [1.165, 1.54) is 4.90 Å². The molecule has 62 heteroatoms. The van der Waals surface area contributed by atoms with Crippen LogP contribution in [-0.4, -0.2) is 339 Å². The third-order valence-electron chi connectivity index (χ3n) is 17.6. The van der Waals surface area contributed by atoms with Crippen LogP contribution in [0.2, 0.25) is 0 Å². The Bertz CT molecular complexity index is 3810. The van der Waals surface area contributed by atoms with Crippen molar-refractivity contribution in [1.82, 2.24) is 72.1 Å². The maximum absolute atomic E-state index is 14.9. The molecule has 1 fully saturated rings. The molecule has 0 aliphatic carbocycles. The minimum absolute atomic E-state index is 0.00448. The molecule has 0 aromatic rings. The highest BCUT2D eigenvalue weighted by atomic mass is 31.2. The molecule has 0 unspecified atom stereocenters. The van der Waals surface area contributed by atoms with Gasteiger partial charge in [-0.15, -0.1) is 0 Å². The molecular weight excluding hydrogens is 1710 g/mol. The molecule has 1 aliphatic heterocycles. The molecule has 0 bridgehead atoms. The average Bonchev–Trinajstić information content (AvgIpc) is 0.845. The number of hydrogen-bond acceptors (Lipinski definition) is 23. The number of hydrogen-bond donors (Lipinski definition) is 33. The highest BCUT2D eigenvalue weighted by molar-refractivity contribution is 7.49. The van der Waals surface area contributed by atoms with Crippen LogP contribution in [0.4, 0.5) is 0 Å². The number of carbonyl (C=O) groups excluding carboxylic acids is 10. The Balaban J connectivity index is 3.89. The van der Waals surface area contributed by atoms with Crippen molar-refractivity contribution in [3.8, 4) is 0 Å². The van der Waals surface area contributed by atoms with Gasteiger partial charge < -0.3 is 179 Å². The summed E-state index contributed by atoms with van der Waals surface area (Å²) in [7, 11) is -15.3. The minimum atomic E-state index is -5.10. The van der Waals surface area contributed by atoms with Crippen molar-refractivity contribution < 1.29 is 101 Å². The van der Waals surface area contributed by atoms with Crippen molar-refractivity contribution >= 4 is 136 Å². The smallest absolute Gasteiger partial charge is 0.403 e. The van der Waals surface area contributed by atoms with Gasteiger partial charge in [0.15, 0.2) is 47.7 Å². The van der Waals surface area contributed by atoms with Gasteiger partial charge in [-0.1, -0.05) is 0 Å². The first kappa shape index (κ1) is 111. The Kier molecular flexibility index (Phi) is 52.3. The SMILES string of the molecule is NC(N)=NCCC[C@H](NC(=O)[C@H](CCCN=C(N)N)NC(=O)[C@H](CCCN=C(N)N)NC(=O)[C@H](CCCN=C(N)N)NC(=O)[C@H](CCCN=C(N)N)NC(=O)[C@H](CCCN=C(N)N)NC(=O)[C@H](CCCN=C(N)N)NC(=O)[C@H](CCCN=C(N)N)NC(=O)CNC(=O)CNC(=O)CN1CCN(P(=O)(O)O)CCN(P(=O)(O)O)CCN(P(=O)(O)O)CC1)C(=O)O. The summed E-state index contributed by atoms with van der Waals surface area (Å²) in [5.41, 5.74) is 88.9. The normalized spacial score (nSPS) is 15.1. The summed E-state index contributed by atoms with van der Waals surface area (Å²) < 4.78 is 38.7. The van der Waals surface area contributed by atoms with E-state index >= 15 is 0 Å². The Labute approximate surface area is 713 Å². The third kappa shape index (κ3) is 51.5. The molecule has 1 rings (SSSR count). The van der Waals surface area contributed by atoms with Gasteiger partial charge in [0.05, 0.1) is 19.6 Å². The number of nitrogens with zero attached hydrogens (tertiary/aromatic N) is 12. The largest absolute Gasteiger partial charge is 0.480 e. The number of carboxylic acids is 1. The lowest BCUT2D eigenvalue weighted by molar-refractivity contribution is -0.142. The molecule has 0 radical (unpaired) electrons. The Morgan fingerprint density at radius 1 is 0.266 bits per heavy atom. The first-order chi connectivity index (χ1) is 58.0. The molecule has 49 N–H and O–H groups in total. The zero-order valence-electron chi connectivity index (χ0n) is 68.7. The number of guanidine groups is 8. The number of rotatable bonds is 57. The lowest BCUT2D eigenvalue weighted by Crippen LogP contribution is -2.60. The number of carbonyl (C=O) groups is 11. The molecule has 1 saturated heterocycles. The second kappa shape index (κ2) is 58.6. The third-order valence-corrected chi connectivity index (χ3v) is 21.0. The molecule has 0 aromatic heterocycles. The molecule has 1 heterocycles. The fourth-order valence-electron chi connectivity index (χ4n) is 11.4. The van der Waals surface area contributed by atoms with Gasteiger partial charge in [0.1, 0.15) is 48.3 Å². The Hall–Kier alpha value is -11.4. The van der Waals surface area contributed by atoms with E-state index < -0.39 is 196 Å². The van der Waals surface area contributed by atoms with Crippen molar-refractivity contribution in [3.05, 3.63) is 0 Å². The number of carboxylic acid groups (broad SMARTS) is 1. The zero-order chi connectivity index (χ0) is 93.9. The van der Waals surface area contributed by atoms with Gasteiger partial charge in [0, 0.05) is 105 Å². The van der Waals surface area contributed by atoms with Crippen LogP contribution in [0.15, 0.2) is 39.9 Å². The van der Waals surface area contributed by atoms with Crippen molar-refractivity contribution in [2.24, 2.45) is 132 Å². The molecule has 1 aliphatic rings. The van der Waals surface area contributed by atoms with Gasteiger partial charge in [-0.05, 0) is 103 Å². The molecule has 0 spiro atoms. The maximum Gasteiger partial charge on any atom is 0.403 e. The summed E-state index contributed by atoms with van der Waals surface area (Å²) in [6.45, 7) is -7.52. The predicted molar refractivity (Wildman–Crippen MR) is 456 cm³/mol. The van der Waals surface area contributed by atoms with E-state index in [-0.39, 0.29) is 216 Å². The highest BCUT2D eigenvalue weighted by Gasteiger charge is 2.38. The molecule has 0 saturated carbocycles. The van der Waals surface area contributed by atoms with Gasteiger partial charge in [-0.3, -0.25) is 92.8 Å². The molecular formula is C62H127N38O21P3. The first-order valence-corrected chi connectivity index (χ1v) is 43.4. The number of aliphatic imine (C=N–C) groups is 8. The van der Waals surface area contributed by atoms with Crippen molar-refractivity contribution in [3.63, 3.8) is 0 Å². The van der Waals surface area contributed by atoms with Crippen LogP contribution >= 0.6 is 23.2 Å². The van der Waals surface area contributed by atoms with Crippen molar-refractivity contribution in [1.29, 1.82) is 0 Å². The average molecular weight is 1830 g/mol. The van der Waals surface area contributed by atoms with Gasteiger partial charge in [-0.25, -0.2) is 32.5 Å². The summed E-state index contributed by atoms with van der Waals surface area (Å²) in [5, 5.41) is 35.0. The quantitative estimate of drug-likeness (QED) is 0.0116. The topological polar surface area (TPSA) is 1030 Å². The fourth-order valence-corrected chi connectivity index (χ4v) is 13.5. The number of amides is 10. The summed E-state index contributed by atoms with van der Waals surface area (Å²) in [6, 6.07) is -12.8. The minimum Gasteiger partial charge on any atom is -0.480 e. The lowest BCUT2D eigenvalue weighted by Gasteiger charge is -2.34. The molecule has 124 heavy (non-hydrogen) atoms. The van der Waals surface area contributed by atoms with E-state index in [9.17, 15) is 101 Å². The van der Waals surface area contributed by atoms with E-state index in [0.717, 1.165) is 0 Å². The molecule has 59 nitrogen and oxygen atoms in total. The second-order valence-electron chi connectivity index (χ2n) is 27.7. The second-order valence-corrected chi connectivity index (χ2v) is 32.5. The number of aliphatic carboxylic acids is 1. The fraction of sp³-hybridized carbons (Fsp3) is 0.694. The van der Waals surface area contributed by atoms with Crippen LogP contribution in [0, 0.1) is 0 Å². The van der Waals surface area contributed by atoms with E-state index in [1.54, 1.807) is 0 Å². The van der Waals surface area contributed by atoms with Gasteiger partial charge >= 0.3 is 29.2 Å². The van der Waals surface area contributed by atoms with E-state index in [0.29, 0.717) is 14.0 Å². The van der Waals surface area contributed by atoms with Crippen molar-refractivity contribution in [2.45, 2.75) is 151 Å². The molecule has 0 aromatic carbocycles. The van der Waals surface area contributed by atoms with Crippen LogP contribution in [0.1, 0.15) is 103 Å². The van der Waals surface area contributed by atoms with Crippen molar-refractivity contribution in [2.75, 3.05) is 124 Å². The van der Waals surface area contributed by atoms with Crippen LogP contribution in [-0.2, 0) is 66.4 Å². The summed E-state index contributed by atoms with van der Waals surface area (Å²) >= 11 is 0. The van der Waals surface area contributed by atoms with Crippen LogP contribution in [0.3, 0.4) is 0 Å². The van der Waals surface area contributed by atoms with E-state index in [4.69, 9.17) is 91.7 Å². The van der Waals surface area contributed by atoms with E-state index in [2.05, 4.69) is 93.1 Å². The number of nitrogens with two attached hydrogens (primary N) is 16. The van der Waals surface area contributed by atoms with Gasteiger partial charge in [0.2, 0.25) is 59.1 Å². The lowest BCUT2D eigenvalue weighted by atomic mass is 10.0. The van der Waals surface area contributed by atoms with E-state index in [1.807, 2.05) is 0 Å². The van der Waals surface area contributed by atoms with Crippen LogP contribution < -0.4 is 145 Å². The summed E-state index contributed by atoms with van der Waals surface area (Å²) in [5.74, 6) is -14.3. The van der Waals surface area contributed by atoms with Gasteiger partial charge in [-0.2, -0.15) is 0 Å². The first-order valence-electron chi connectivity index (χ1n) is 38.8. The zero-order valence-corrected chi connectivity index (χ0v) is 71.3. The predicted octanol–water partition coefficient (Wildman–Crippen LogP) is -15.9. The molecule has 10 amide bonds.